The van der Waals surface area contributed by atoms with Crippen LogP contribution in [0.1, 0.15) is 55.5 Å². The lowest BCUT2D eigenvalue weighted by atomic mass is 9.95. The average molecular weight is 246 g/mol. The number of esters is 1. The van der Waals surface area contributed by atoms with Crippen LogP contribution in [0.4, 0.5) is 0 Å². The van der Waals surface area contributed by atoms with E-state index < -0.39 is 0 Å². The first-order chi connectivity index (χ1) is 8.54. The van der Waals surface area contributed by atoms with Gasteiger partial charge in [0.05, 0.1) is 12.7 Å². The van der Waals surface area contributed by atoms with E-state index in [4.69, 9.17) is 0 Å². The van der Waals surface area contributed by atoms with E-state index in [1.54, 1.807) is 0 Å². The molecule has 1 rings (SSSR count). The molecule has 0 spiro atoms. The average Bonchev–Trinajstić information content (AvgIpc) is 2.37. The van der Waals surface area contributed by atoms with E-state index in [0.29, 0.717) is 11.5 Å². The highest BCUT2D eigenvalue weighted by atomic mass is 16.5. The molecule has 0 bridgehead atoms. The molecule has 0 saturated carbocycles. The minimum absolute atomic E-state index is 0.279. The molecule has 2 heteroatoms. The lowest BCUT2D eigenvalue weighted by molar-refractivity contribution is 0.0600. The van der Waals surface area contributed by atoms with Crippen molar-refractivity contribution in [3.05, 3.63) is 47.0 Å². The first kappa shape index (κ1) is 14.5. The molecular weight excluding hydrogens is 224 g/mol. The zero-order valence-electron chi connectivity index (χ0n) is 11.7. The van der Waals surface area contributed by atoms with Gasteiger partial charge < -0.3 is 4.74 Å². The maximum absolute atomic E-state index is 11.3. The van der Waals surface area contributed by atoms with Crippen LogP contribution >= 0.6 is 0 Å². The molecule has 0 aromatic heterocycles. The Hall–Kier alpha value is -1.57. The van der Waals surface area contributed by atoms with Gasteiger partial charge in [-0.05, 0) is 50.3 Å². The van der Waals surface area contributed by atoms with Crippen LogP contribution < -0.4 is 0 Å². The Morgan fingerprint density at radius 1 is 1.28 bits per heavy atom. The Kier molecular flexibility index (Phi) is 5.63. The Morgan fingerprint density at radius 3 is 2.39 bits per heavy atom. The molecule has 2 nitrogen and oxygen atoms in total. The molecule has 0 fully saturated rings. The highest BCUT2D eigenvalue weighted by molar-refractivity contribution is 5.89. The number of allylic oxidation sites excluding steroid dienone is 2. The Balaban J connectivity index is 2.61. The molecule has 0 aliphatic rings. The normalized spacial score (nSPS) is 11.8. The van der Waals surface area contributed by atoms with Gasteiger partial charge in [0.25, 0.3) is 0 Å². The Bertz CT molecular complexity index is 411. The molecular formula is C16H22O2. The molecule has 0 saturated heterocycles. The third-order valence-electron chi connectivity index (χ3n) is 3.05. The largest absolute Gasteiger partial charge is 0.465 e. The number of methoxy groups -OCH3 is 1. The van der Waals surface area contributed by atoms with Crippen LogP contribution in [0, 0.1) is 0 Å². The van der Waals surface area contributed by atoms with Crippen molar-refractivity contribution in [1.29, 1.82) is 0 Å². The number of hydrogen-bond acceptors (Lipinski definition) is 2. The lowest BCUT2D eigenvalue weighted by Gasteiger charge is -2.11. The monoisotopic (exact) mass is 246 g/mol. The van der Waals surface area contributed by atoms with E-state index in [2.05, 4.69) is 31.6 Å². The highest BCUT2D eigenvalue weighted by Gasteiger charge is 2.08. The Labute approximate surface area is 110 Å². The van der Waals surface area contributed by atoms with Crippen molar-refractivity contribution in [2.75, 3.05) is 7.11 Å². The van der Waals surface area contributed by atoms with Crippen LogP contribution in [0.3, 0.4) is 0 Å². The minimum Gasteiger partial charge on any atom is -0.465 e. The predicted molar refractivity (Wildman–Crippen MR) is 74.9 cm³/mol. The maximum Gasteiger partial charge on any atom is 0.337 e. The van der Waals surface area contributed by atoms with Crippen molar-refractivity contribution in [2.24, 2.45) is 0 Å². The van der Waals surface area contributed by atoms with Crippen LogP contribution in [0.5, 0.6) is 0 Å². The molecule has 0 radical (unpaired) electrons. The van der Waals surface area contributed by atoms with Gasteiger partial charge >= 0.3 is 5.97 Å². The fraction of sp³-hybridized carbons (Fsp3) is 0.438. The second-order valence-electron chi connectivity index (χ2n) is 4.87. The smallest absolute Gasteiger partial charge is 0.337 e. The predicted octanol–water partition coefficient (Wildman–Crippen LogP) is 4.32. The van der Waals surface area contributed by atoms with Crippen molar-refractivity contribution < 1.29 is 9.53 Å². The zero-order chi connectivity index (χ0) is 13.5. The van der Waals surface area contributed by atoms with Crippen LogP contribution in [-0.4, -0.2) is 13.1 Å². The third-order valence-corrected chi connectivity index (χ3v) is 3.05. The standard InChI is InChI=1S/C16H22O2/c1-12(2)6-5-7-13(3)14-8-10-15(11-9-14)16(17)18-4/h6,8-11,13H,5,7H2,1-4H3/t13-/m0/s1. The molecule has 0 amide bonds. The van der Waals surface area contributed by atoms with E-state index in [-0.39, 0.29) is 5.97 Å². The summed E-state index contributed by atoms with van der Waals surface area (Å²) in [6, 6.07) is 7.69. The first-order valence-electron chi connectivity index (χ1n) is 6.36. The molecule has 0 N–H and O–H groups in total. The molecule has 98 valence electrons. The third kappa shape index (κ3) is 4.36. The summed E-state index contributed by atoms with van der Waals surface area (Å²) in [5.74, 6) is 0.228. The summed E-state index contributed by atoms with van der Waals surface area (Å²) >= 11 is 0. The fourth-order valence-electron chi connectivity index (χ4n) is 1.85. The summed E-state index contributed by atoms with van der Waals surface area (Å²) in [6.45, 7) is 6.46. The van der Waals surface area contributed by atoms with E-state index in [9.17, 15) is 4.79 Å². The molecule has 0 heterocycles. The fourth-order valence-corrected chi connectivity index (χ4v) is 1.85. The highest BCUT2D eigenvalue weighted by Crippen LogP contribution is 2.21. The summed E-state index contributed by atoms with van der Waals surface area (Å²) in [5.41, 5.74) is 3.24. The van der Waals surface area contributed by atoms with Crippen molar-refractivity contribution in [1.82, 2.24) is 0 Å². The van der Waals surface area contributed by atoms with Gasteiger partial charge in [-0.3, -0.25) is 0 Å². The quantitative estimate of drug-likeness (QED) is 0.571. The number of hydrogen-bond donors (Lipinski definition) is 0. The van der Waals surface area contributed by atoms with Gasteiger partial charge in [0.2, 0.25) is 0 Å². The number of ether oxygens (including phenoxy) is 1. The van der Waals surface area contributed by atoms with Crippen LogP contribution in [-0.2, 0) is 4.74 Å². The van der Waals surface area contributed by atoms with Gasteiger partial charge in [0.15, 0.2) is 0 Å². The van der Waals surface area contributed by atoms with Gasteiger partial charge in [-0.15, -0.1) is 0 Å². The SMILES string of the molecule is COC(=O)c1ccc([C@@H](C)CCC=C(C)C)cc1. The van der Waals surface area contributed by atoms with E-state index in [1.807, 2.05) is 24.3 Å². The van der Waals surface area contributed by atoms with Gasteiger partial charge in [-0.2, -0.15) is 0 Å². The van der Waals surface area contributed by atoms with E-state index >= 15 is 0 Å². The van der Waals surface area contributed by atoms with E-state index in [0.717, 1.165) is 12.8 Å². The Morgan fingerprint density at radius 2 is 1.89 bits per heavy atom. The topological polar surface area (TPSA) is 26.3 Å². The molecule has 0 aliphatic carbocycles. The summed E-state index contributed by atoms with van der Waals surface area (Å²) < 4.78 is 4.68. The van der Waals surface area contributed by atoms with Crippen molar-refractivity contribution >= 4 is 5.97 Å². The number of rotatable bonds is 5. The molecule has 18 heavy (non-hydrogen) atoms. The van der Waals surface area contributed by atoms with Gasteiger partial charge in [-0.25, -0.2) is 4.79 Å². The first-order valence-corrected chi connectivity index (χ1v) is 6.36. The maximum atomic E-state index is 11.3. The van der Waals surface area contributed by atoms with Crippen molar-refractivity contribution in [2.45, 2.75) is 39.5 Å². The second-order valence-corrected chi connectivity index (χ2v) is 4.87. The molecule has 1 atom stereocenters. The summed E-state index contributed by atoms with van der Waals surface area (Å²) in [7, 11) is 1.40. The van der Waals surface area contributed by atoms with E-state index in [1.165, 1.54) is 18.2 Å². The van der Waals surface area contributed by atoms with Crippen LogP contribution in [0.2, 0.25) is 0 Å². The van der Waals surface area contributed by atoms with Crippen LogP contribution in [0.15, 0.2) is 35.9 Å². The second kappa shape index (κ2) is 7.00. The van der Waals surface area contributed by atoms with Gasteiger partial charge in [0.1, 0.15) is 0 Å². The van der Waals surface area contributed by atoms with Crippen molar-refractivity contribution in [3.8, 4) is 0 Å². The van der Waals surface area contributed by atoms with Crippen molar-refractivity contribution in [3.63, 3.8) is 0 Å². The molecule has 1 aromatic carbocycles. The summed E-state index contributed by atoms with van der Waals surface area (Å²) in [6.07, 6.45) is 4.49. The lowest BCUT2D eigenvalue weighted by Crippen LogP contribution is -2.01. The molecule has 1 aromatic rings. The zero-order valence-corrected chi connectivity index (χ0v) is 11.7. The summed E-state index contributed by atoms with van der Waals surface area (Å²) in [5, 5.41) is 0. The van der Waals surface area contributed by atoms with Gasteiger partial charge in [-0.1, -0.05) is 30.7 Å². The van der Waals surface area contributed by atoms with Gasteiger partial charge in [0, 0.05) is 0 Å². The summed E-state index contributed by atoms with van der Waals surface area (Å²) in [4.78, 5) is 11.3. The number of benzene rings is 1. The molecule has 0 unspecified atom stereocenters. The molecule has 0 aliphatic heterocycles. The number of carbonyl (C=O) groups excluding carboxylic acids is 1. The number of carbonyl (C=O) groups is 1. The minimum atomic E-state index is -0.279. The van der Waals surface area contributed by atoms with Crippen LogP contribution in [0.25, 0.3) is 0 Å².